The van der Waals surface area contributed by atoms with Crippen LogP contribution < -0.4 is 5.32 Å². The van der Waals surface area contributed by atoms with Crippen molar-refractivity contribution < 1.29 is 14.0 Å². The zero-order chi connectivity index (χ0) is 21.6. The second-order valence-electron chi connectivity index (χ2n) is 8.59. The number of hydrogen-bond donors (Lipinski definition) is 1. The maximum absolute atomic E-state index is 13.2. The van der Waals surface area contributed by atoms with Gasteiger partial charge in [-0.1, -0.05) is 30.3 Å². The molecule has 2 amide bonds. The van der Waals surface area contributed by atoms with Gasteiger partial charge < -0.3 is 14.6 Å². The van der Waals surface area contributed by atoms with Crippen molar-refractivity contribution in [3.05, 3.63) is 60.1 Å². The first kappa shape index (κ1) is 21.6. The van der Waals surface area contributed by atoms with Gasteiger partial charge in [-0.05, 0) is 37.5 Å². The van der Waals surface area contributed by atoms with Gasteiger partial charge in [-0.25, -0.2) is 0 Å². The smallest absolute Gasteiger partial charge is 0.237 e. The quantitative estimate of drug-likeness (QED) is 0.668. The van der Waals surface area contributed by atoms with Crippen molar-refractivity contribution >= 4 is 11.8 Å². The molecule has 1 aliphatic carbocycles. The number of amides is 2. The minimum absolute atomic E-state index is 0.0910. The zero-order valence-electron chi connectivity index (χ0n) is 18.2. The van der Waals surface area contributed by atoms with Crippen molar-refractivity contribution in [1.82, 2.24) is 20.0 Å². The maximum Gasteiger partial charge on any atom is 0.237 e. The SMILES string of the molecule is CC(C(=O)NC1CC1)N1CCN(CC(=O)N(Cc2ccccc2)Cc2ccco2)CC1. The Morgan fingerprint density at radius 1 is 1.06 bits per heavy atom. The third kappa shape index (κ3) is 6.18. The largest absolute Gasteiger partial charge is 0.467 e. The lowest BCUT2D eigenvalue weighted by molar-refractivity contribution is -0.135. The van der Waals surface area contributed by atoms with Gasteiger partial charge in [-0.15, -0.1) is 0 Å². The van der Waals surface area contributed by atoms with Crippen LogP contribution in [0.1, 0.15) is 31.1 Å². The van der Waals surface area contributed by atoms with E-state index in [2.05, 4.69) is 15.1 Å². The van der Waals surface area contributed by atoms with Gasteiger partial charge in [0.1, 0.15) is 5.76 Å². The highest BCUT2D eigenvalue weighted by Gasteiger charge is 2.30. The van der Waals surface area contributed by atoms with E-state index in [1.165, 1.54) is 0 Å². The molecule has 1 saturated carbocycles. The van der Waals surface area contributed by atoms with Crippen molar-refractivity contribution in [2.75, 3.05) is 32.7 Å². The van der Waals surface area contributed by atoms with Gasteiger partial charge in [0, 0.05) is 38.8 Å². The molecule has 4 rings (SSSR count). The van der Waals surface area contributed by atoms with E-state index in [1.54, 1.807) is 6.26 Å². The Kier molecular flexibility index (Phi) is 7.04. The highest BCUT2D eigenvalue weighted by atomic mass is 16.3. The van der Waals surface area contributed by atoms with Gasteiger partial charge in [-0.3, -0.25) is 19.4 Å². The summed E-state index contributed by atoms with van der Waals surface area (Å²) in [6, 6.07) is 14.1. The summed E-state index contributed by atoms with van der Waals surface area (Å²) >= 11 is 0. The standard InChI is InChI=1S/C24H32N4O3/c1-19(24(30)25-21-9-10-21)27-13-11-26(12-14-27)18-23(29)28(17-22-8-5-15-31-22)16-20-6-3-2-4-7-20/h2-8,15,19,21H,9-14,16-18H2,1H3,(H,25,30). The average molecular weight is 425 g/mol. The first-order chi connectivity index (χ1) is 15.1. The normalized spacial score (nSPS) is 18.5. The molecule has 0 radical (unpaired) electrons. The van der Waals surface area contributed by atoms with Crippen molar-refractivity contribution in [3.63, 3.8) is 0 Å². The average Bonchev–Trinajstić information content (AvgIpc) is 3.45. The van der Waals surface area contributed by atoms with E-state index in [-0.39, 0.29) is 17.9 Å². The molecule has 166 valence electrons. The molecule has 0 spiro atoms. The van der Waals surface area contributed by atoms with Crippen LogP contribution in [0.25, 0.3) is 0 Å². The van der Waals surface area contributed by atoms with Gasteiger partial charge in [0.15, 0.2) is 0 Å². The van der Waals surface area contributed by atoms with Crippen LogP contribution in [0, 0.1) is 0 Å². The molecule has 1 aromatic carbocycles. The lowest BCUT2D eigenvalue weighted by Crippen LogP contribution is -2.55. The highest BCUT2D eigenvalue weighted by Crippen LogP contribution is 2.19. The fourth-order valence-corrected chi connectivity index (χ4v) is 3.94. The Morgan fingerprint density at radius 2 is 1.81 bits per heavy atom. The Bertz CT molecular complexity index is 843. The summed E-state index contributed by atoms with van der Waals surface area (Å²) in [4.78, 5) is 31.7. The van der Waals surface area contributed by atoms with E-state index in [1.807, 2.05) is 54.3 Å². The first-order valence-corrected chi connectivity index (χ1v) is 11.2. The molecule has 1 atom stereocenters. The molecule has 1 aromatic heterocycles. The molecule has 1 saturated heterocycles. The first-order valence-electron chi connectivity index (χ1n) is 11.2. The van der Waals surface area contributed by atoms with E-state index in [4.69, 9.17) is 4.42 Å². The van der Waals surface area contributed by atoms with E-state index in [0.29, 0.717) is 25.7 Å². The van der Waals surface area contributed by atoms with Crippen LogP contribution in [0.2, 0.25) is 0 Å². The molecule has 2 fully saturated rings. The van der Waals surface area contributed by atoms with Gasteiger partial charge in [0.05, 0.1) is 25.4 Å². The number of rotatable bonds is 9. The van der Waals surface area contributed by atoms with Crippen LogP contribution >= 0.6 is 0 Å². The second-order valence-corrected chi connectivity index (χ2v) is 8.59. The summed E-state index contributed by atoms with van der Waals surface area (Å²) in [5.74, 6) is 0.998. The molecule has 31 heavy (non-hydrogen) atoms. The number of nitrogens with zero attached hydrogens (tertiary/aromatic N) is 3. The summed E-state index contributed by atoms with van der Waals surface area (Å²) in [5.41, 5.74) is 1.10. The van der Waals surface area contributed by atoms with Crippen LogP contribution in [-0.4, -0.2) is 71.3 Å². The molecule has 1 N–H and O–H groups in total. The van der Waals surface area contributed by atoms with E-state index in [0.717, 1.165) is 50.3 Å². The molecule has 7 heteroatoms. The Hall–Kier alpha value is -2.64. The topological polar surface area (TPSA) is 69.0 Å². The van der Waals surface area contributed by atoms with Crippen molar-refractivity contribution in [3.8, 4) is 0 Å². The molecule has 0 bridgehead atoms. The van der Waals surface area contributed by atoms with Crippen LogP contribution in [0.15, 0.2) is 53.1 Å². The number of furan rings is 1. The number of nitrogens with one attached hydrogen (secondary N) is 1. The molecular weight excluding hydrogens is 392 g/mol. The van der Waals surface area contributed by atoms with Gasteiger partial charge in [-0.2, -0.15) is 0 Å². The Morgan fingerprint density at radius 3 is 2.45 bits per heavy atom. The highest BCUT2D eigenvalue weighted by molar-refractivity contribution is 5.82. The summed E-state index contributed by atoms with van der Waals surface area (Å²) in [5, 5.41) is 3.09. The Labute approximate surface area is 184 Å². The molecular formula is C24H32N4O3. The molecule has 2 aliphatic rings. The van der Waals surface area contributed by atoms with Gasteiger partial charge >= 0.3 is 0 Å². The number of carbonyl (C=O) groups is 2. The Balaban J connectivity index is 1.30. The van der Waals surface area contributed by atoms with Crippen molar-refractivity contribution in [2.45, 2.75) is 44.9 Å². The molecule has 7 nitrogen and oxygen atoms in total. The summed E-state index contributed by atoms with van der Waals surface area (Å²) in [6.45, 7) is 6.53. The number of hydrogen-bond acceptors (Lipinski definition) is 5. The summed E-state index contributed by atoms with van der Waals surface area (Å²) in [7, 11) is 0. The number of carbonyl (C=O) groups excluding carboxylic acids is 2. The zero-order valence-corrected chi connectivity index (χ0v) is 18.2. The predicted molar refractivity (Wildman–Crippen MR) is 118 cm³/mol. The van der Waals surface area contributed by atoms with Crippen molar-refractivity contribution in [1.29, 1.82) is 0 Å². The maximum atomic E-state index is 13.2. The molecule has 2 heterocycles. The van der Waals surface area contributed by atoms with Crippen LogP contribution in [0.5, 0.6) is 0 Å². The van der Waals surface area contributed by atoms with Gasteiger partial charge in [0.2, 0.25) is 11.8 Å². The monoisotopic (exact) mass is 424 g/mol. The third-order valence-corrected chi connectivity index (χ3v) is 6.11. The molecule has 1 aliphatic heterocycles. The van der Waals surface area contributed by atoms with Crippen molar-refractivity contribution in [2.24, 2.45) is 0 Å². The van der Waals surface area contributed by atoms with Gasteiger partial charge in [0.25, 0.3) is 0 Å². The lowest BCUT2D eigenvalue weighted by atomic mass is 10.2. The molecule has 1 unspecified atom stereocenters. The number of piperazine rings is 1. The minimum atomic E-state index is -0.119. The minimum Gasteiger partial charge on any atom is -0.467 e. The van der Waals surface area contributed by atoms with E-state index >= 15 is 0 Å². The fraction of sp³-hybridized carbons (Fsp3) is 0.500. The molecule has 2 aromatic rings. The van der Waals surface area contributed by atoms with Crippen LogP contribution in [0.4, 0.5) is 0 Å². The number of benzene rings is 1. The predicted octanol–water partition coefficient (Wildman–Crippen LogP) is 2.09. The summed E-state index contributed by atoms with van der Waals surface area (Å²) < 4.78 is 5.48. The third-order valence-electron chi connectivity index (χ3n) is 6.11. The van der Waals surface area contributed by atoms with E-state index in [9.17, 15) is 9.59 Å². The van der Waals surface area contributed by atoms with E-state index < -0.39 is 0 Å². The summed E-state index contributed by atoms with van der Waals surface area (Å²) in [6.07, 6.45) is 3.85. The van der Waals surface area contributed by atoms with Crippen LogP contribution in [-0.2, 0) is 22.7 Å². The lowest BCUT2D eigenvalue weighted by Gasteiger charge is -2.37. The van der Waals surface area contributed by atoms with Crippen LogP contribution in [0.3, 0.4) is 0 Å². The second kappa shape index (κ2) is 10.1. The fourth-order valence-electron chi connectivity index (χ4n) is 3.94.